The Kier molecular flexibility index (Phi) is 1.99. The molecule has 82 valence electrons. The molecule has 0 saturated heterocycles. The molecular formula is C10H10N4O2. The molecule has 6 heteroatoms. The van der Waals surface area contributed by atoms with Gasteiger partial charge in [0.15, 0.2) is 17.4 Å². The first-order chi connectivity index (χ1) is 7.90. The van der Waals surface area contributed by atoms with Gasteiger partial charge in [-0.1, -0.05) is 0 Å². The Hall–Kier alpha value is -2.11. The molecule has 0 saturated carbocycles. The van der Waals surface area contributed by atoms with Crippen LogP contribution in [0.5, 0.6) is 5.88 Å². The average Bonchev–Trinajstić information content (AvgIpc) is 2.96. The highest BCUT2D eigenvalue weighted by molar-refractivity contribution is 5.75. The molecule has 0 amide bonds. The van der Waals surface area contributed by atoms with Gasteiger partial charge in [-0.05, 0) is 6.08 Å². The molecule has 0 radical (unpaired) electrons. The van der Waals surface area contributed by atoms with Crippen LogP contribution >= 0.6 is 0 Å². The highest BCUT2D eigenvalue weighted by Crippen LogP contribution is 2.26. The number of hydrogen-bond acceptors (Lipinski definition) is 5. The molecule has 1 aliphatic heterocycles. The standard InChI is InChI=1S/C10H10N4O2/c1-15-10-8-9(11-5-12-10)14(6-13-8)7-3-2-4-16-7/h2,4-7H,3H2,1H3. The summed E-state index contributed by atoms with van der Waals surface area (Å²) < 4.78 is 12.4. The first kappa shape index (κ1) is 9.14. The molecule has 16 heavy (non-hydrogen) atoms. The number of methoxy groups -OCH3 is 1. The molecule has 0 N–H and O–H groups in total. The van der Waals surface area contributed by atoms with Crippen molar-refractivity contribution in [3.05, 3.63) is 25.0 Å². The third-order valence-electron chi connectivity index (χ3n) is 2.50. The van der Waals surface area contributed by atoms with Crippen LogP contribution in [0, 0.1) is 0 Å². The highest BCUT2D eigenvalue weighted by Gasteiger charge is 2.19. The molecule has 3 rings (SSSR count). The topological polar surface area (TPSA) is 62.1 Å². The fraction of sp³-hybridized carbons (Fsp3) is 0.300. The summed E-state index contributed by atoms with van der Waals surface area (Å²) >= 11 is 0. The second-order valence-corrected chi connectivity index (χ2v) is 3.41. The lowest BCUT2D eigenvalue weighted by Crippen LogP contribution is -2.06. The Bertz CT molecular complexity index is 541. The van der Waals surface area contributed by atoms with Gasteiger partial charge in [0.1, 0.15) is 12.7 Å². The smallest absolute Gasteiger partial charge is 0.245 e. The van der Waals surface area contributed by atoms with Crippen LogP contribution in [0.1, 0.15) is 12.6 Å². The number of imidazole rings is 1. The van der Waals surface area contributed by atoms with Crippen molar-refractivity contribution >= 4 is 11.2 Å². The largest absolute Gasteiger partial charge is 0.479 e. The molecule has 3 heterocycles. The van der Waals surface area contributed by atoms with Crippen LogP contribution in [-0.4, -0.2) is 26.6 Å². The Morgan fingerprint density at radius 1 is 1.44 bits per heavy atom. The van der Waals surface area contributed by atoms with Crippen molar-refractivity contribution in [2.45, 2.75) is 12.6 Å². The van der Waals surface area contributed by atoms with Crippen LogP contribution in [0.25, 0.3) is 11.2 Å². The monoisotopic (exact) mass is 218 g/mol. The fourth-order valence-corrected chi connectivity index (χ4v) is 1.74. The molecule has 1 unspecified atom stereocenters. The molecule has 0 aromatic carbocycles. The van der Waals surface area contributed by atoms with Crippen molar-refractivity contribution in [2.75, 3.05) is 7.11 Å². The Morgan fingerprint density at radius 2 is 2.38 bits per heavy atom. The van der Waals surface area contributed by atoms with Gasteiger partial charge < -0.3 is 9.47 Å². The van der Waals surface area contributed by atoms with E-state index in [0.717, 1.165) is 12.1 Å². The maximum atomic E-state index is 5.42. The SMILES string of the molecule is COc1ncnc2c1ncn2C1CC=CO1. The third-order valence-corrected chi connectivity index (χ3v) is 2.50. The minimum Gasteiger partial charge on any atom is -0.479 e. The summed E-state index contributed by atoms with van der Waals surface area (Å²) in [6, 6.07) is 0. The lowest BCUT2D eigenvalue weighted by molar-refractivity contribution is 0.108. The van der Waals surface area contributed by atoms with E-state index in [9.17, 15) is 0 Å². The number of nitrogens with zero attached hydrogens (tertiary/aromatic N) is 4. The van der Waals surface area contributed by atoms with E-state index in [2.05, 4.69) is 15.0 Å². The second-order valence-electron chi connectivity index (χ2n) is 3.41. The van der Waals surface area contributed by atoms with Crippen LogP contribution in [0.4, 0.5) is 0 Å². The first-order valence-corrected chi connectivity index (χ1v) is 4.92. The highest BCUT2D eigenvalue weighted by atomic mass is 16.5. The van der Waals surface area contributed by atoms with Crippen LogP contribution in [0.2, 0.25) is 0 Å². The van der Waals surface area contributed by atoms with Crippen molar-refractivity contribution in [3.8, 4) is 5.88 Å². The van der Waals surface area contributed by atoms with Gasteiger partial charge in [-0.25, -0.2) is 9.97 Å². The van der Waals surface area contributed by atoms with Crippen LogP contribution in [-0.2, 0) is 4.74 Å². The summed E-state index contributed by atoms with van der Waals surface area (Å²) in [5, 5.41) is 0. The van der Waals surface area contributed by atoms with E-state index in [0.29, 0.717) is 11.4 Å². The van der Waals surface area contributed by atoms with E-state index in [1.807, 2.05) is 10.6 Å². The van der Waals surface area contributed by atoms with E-state index < -0.39 is 0 Å². The molecule has 0 spiro atoms. The zero-order valence-electron chi connectivity index (χ0n) is 8.70. The number of fused-ring (bicyclic) bond motifs is 1. The zero-order chi connectivity index (χ0) is 11.0. The summed E-state index contributed by atoms with van der Waals surface area (Å²) in [7, 11) is 1.56. The van der Waals surface area contributed by atoms with Crippen molar-refractivity contribution in [3.63, 3.8) is 0 Å². The van der Waals surface area contributed by atoms with Crippen molar-refractivity contribution in [1.82, 2.24) is 19.5 Å². The lowest BCUT2D eigenvalue weighted by Gasteiger charge is -2.11. The Labute approximate surface area is 91.5 Å². The van der Waals surface area contributed by atoms with E-state index in [-0.39, 0.29) is 6.23 Å². The maximum Gasteiger partial charge on any atom is 0.245 e. The molecule has 2 aromatic heterocycles. The van der Waals surface area contributed by atoms with Gasteiger partial charge in [-0.15, -0.1) is 0 Å². The van der Waals surface area contributed by atoms with Crippen molar-refractivity contribution in [1.29, 1.82) is 0 Å². The molecule has 6 nitrogen and oxygen atoms in total. The van der Waals surface area contributed by atoms with Gasteiger partial charge in [0.2, 0.25) is 5.88 Å². The summed E-state index contributed by atoms with van der Waals surface area (Å²) in [4.78, 5) is 12.4. The zero-order valence-corrected chi connectivity index (χ0v) is 8.70. The fourth-order valence-electron chi connectivity index (χ4n) is 1.74. The van der Waals surface area contributed by atoms with Gasteiger partial charge in [0.25, 0.3) is 0 Å². The van der Waals surface area contributed by atoms with Gasteiger partial charge in [-0.3, -0.25) is 4.57 Å². The average molecular weight is 218 g/mol. The van der Waals surface area contributed by atoms with Crippen LogP contribution < -0.4 is 4.74 Å². The maximum absolute atomic E-state index is 5.42. The molecule has 0 bridgehead atoms. The van der Waals surface area contributed by atoms with Crippen LogP contribution in [0.3, 0.4) is 0 Å². The lowest BCUT2D eigenvalue weighted by atomic mass is 10.4. The number of aromatic nitrogens is 4. The van der Waals surface area contributed by atoms with Gasteiger partial charge in [0, 0.05) is 6.42 Å². The summed E-state index contributed by atoms with van der Waals surface area (Å²) in [5.74, 6) is 0.481. The molecule has 2 aromatic rings. The van der Waals surface area contributed by atoms with Gasteiger partial charge in [0.05, 0.1) is 13.4 Å². The summed E-state index contributed by atoms with van der Waals surface area (Å²) in [6.45, 7) is 0. The number of ether oxygens (including phenoxy) is 2. The molecule has 1 aliphatic rings. The van der Waals surface area contributed by atoms with Crippen LogP contribution in [0.15, 0.2) is 25.0 Å². The molecule has 0 aliphatic carbocycles. The summed E-state index contributed by atoms with van der Waals surface area (Å²) in [5.41, 5.74) is 1.38. The van der Waals surface area contributed by atoms with Gasteiger partial charge >= 0.3 is 0 Å². The quantitative estimate of drug-likeness (QED) is 0.759. The van der Waals surface area contributed by atoms with E-state index in [4.69, 9.17) is 9.47 Å². The molecular weight excluding hydrogens is 208 g/mol. The summed E-state index contributed by atoms with van der Waals surface area (Å²) in [6.07, 6.45) is 7.56. The second kappa shape index (κ2) is 3.48. The Morgan fingerprint density at radius 3 is 3.12 bits per heavy atom. The predicted octanol–water partition coefficient (Wildman–Crippen LogP) is 1.27. The third kappa shape index (κ3) is 1.23. The number of rotatable bonds is 2. The Balaban J connectivity index is 2.13. The van der Waals surface area contributed by atoms with E-state index in [1.54, 1.807) is 19.7 Å². The predicted molar refractivity (Wildman–Crippen MR) is 55.8 cm³/mol. The normalized spacial score (nSPS) is 18.9. The van der Waals surface area contributed by atoms with Crippen molar-refractivity contribution in [2.24, 2.45) is 0 Å². The first-order valence-electron chi connectivity index (χ1n) is 4.92. The molecule has 0 fully saturated rings. The number of hydrogen-bond donors (Lipinski definition) is 0. The minimum atomic E-state index is -0.0652. The van der Waals surface area contributed by atoms with Gasteiger partial charge in [-0.2, -0.15) is 4.98 Å². The molecule has 1 atom stereocenters. The minimum absolute atomic E-state index is 0.0652. The van der Waals surface area contributed by atoms with E-state index in [1.165, 1.54) is 6.33 Å². The van der Waals surface area contributed by atoms with E-state index >= 15 is 0 Å². The van der Waals surface area contributed by atoms with Crippen molar-refractivity contribution < 1.29 is 9.47 Å².